The predicted molar refractivity (Wildman–Crippen MR) is 52.6 cm³/mol. The number of hydrogen-bond donors (Lipinski definition) is 1. The second-order valence-corrected chi connectivity index (χ2v) is 3.53. The standard InChI is InChI=1S/C10H12N4/c11-6-9-5-10(13-7-12-9)14-8-3-1-2-4-8/h5,7-8H,1-4H2,(H,12,13,14). The first-order valence-corrected chi connectivity index (χ1v) is 4.87. The summed E-state index contributed by atoms with van der Waals surface area (Å²) in [6, 6.07) is 4.22. The highest BCUT2D eigenvalue weighted by Gasteiger charge is 2.14. The zero-order chi connectivity index (χ0) is 9.80. The van der Waals surface area contributed by atoms with Gasteiger partial charge in [0.15, 0.2) is 0 Å². The molecule has 0 spiro atoms. The van der Waals surface area contributed by atoms with Crippen LogP contribution in [0.4, 0.5) is 5.82 Å². The predicted octanol–water partition coefficient (Wildman–Crippen LogP) is 1.70. The first-order valence-electron chi connectivity index (χ1n) is 4.87. The number of nitrogens with one attached hydrogen (secondary N) is 1. The minimum Gasteiger partial charge on any atom is -0.367 e. The number of rotatable bonds is 2. The van der Waals surface area contributed by atoms with Crippen LogP contribution in [-0.4, -0.2) is 16.0 Å². The number of nitrogens with zero attached hydrogens (tertiary/aromatic N) is 3. The Morgan fingerprint density at radius 3 is 2.86 bits per heavy atom. The van der Waals surface area contributed by atoms with Gasteiger partial charge >= 0.3 is 0 Å². The molecule has 0 radical (unpaired) electrons. The highest BCUT2D eigenvalue weighted by atomic mass is 15.0. The Labute approximate surface area is 83.0 Å². The molecular formula is C10H12N4. The lowest BCUT2D eigenvalue weighted by atomic mass is 10.2. The molecule has 14 heavy (non-hydrogen) atoms. The van der Waals surface area contributed by atoms with Crippen molar-refractivity contribution in [2.75, 3.05) is 5.32 Å². The van der Waals surface area contributed by atoms with Crippen LogP contribution in [0.25, 0.3) is 0 Å². The molecule has 2 rings (SSSR count). The second kappa shape index (κ2) is 4.05. The summed E-state index contributed by atoms with van der Waals surface area (Å²) in [7, 11) is 0. The molecule has 0 saturated heterocycles. The van der Waals surface area contributed by atoms with E-state index < -0.39 is 0 Å². The molecule has 0 unspecified atom stereocenters. The van der Waals surface area contributed by atoms with Crippen molar-refractivity contribution in [2.45, 2.75) is 31.7 Å². The van der Waals surface area contributed by atoms with Gasteiger partial charge in [-0.25, -0.2) is 9.97 Å². The van der Waals surface area contributed by atoms with Crippen molar-refractivity contribution >= 4 is 5.82 Å². The van der Waals surface area contributed by atoms with Crippen molar-refractivity contribution in [1.29, 1.82) is 5.26 Å². The summed E-state index contributed by atoms with van der Waals surface area (Å²) in [5.74, 6) is 0.767. The Hall–Kier alpha value is -1.63. The Kier molecular flexibility index (Phi) is 2.59. The molecule has 1 saturated carbocycles. The number of anilines is 1. The van der Waals surface area contributed by atoms with Crippen molar-refractivity contribution < 1.29 is 0 Å². The monoisotopic (exact) mass is 188 g/mol. The smallest absolute Gasteiger partial charge is 0.145 e. The van der Waals surface area contributed by atoms with Gasteiger partial charge < -0.3 is 5.32 Å². The molecule has 0 aromatic carbocycles. The van der Waals surface area contributed by atoms with Gasteiger partial charge in [0.05, 0.1) is 0 Å². The Balaban J connectivity index is 2.05. The molecule has 0 atom stereocenters. The van der Waals surface area contributed by atoms with Crippen molar-refractivity contribution in [3.8, 4) is 6.07 Å². The fourth-order valence-electron chi connectivity index (χ4n) is 1.78. The summed E-state index contributed by atoms with van der Waals surface area (Å²) in [6.07, 6.45) is 6.40. The Morgan fingerprint density at radius 2 is 2.14 bits per heavy atom. The van der Waals surface area contributed by atoms with E-state index in [-0.39, 0.29) is 0 Å². The SMILES string of the molecule is N#Cc1cc(NC2CCCC2)ncn1. The molecule has 0 aliphatic heterocycles. The van der Waals surface area contributed by atoms with Crippen LogP contribution in [0, 0.1) is 11.3 Å². The molecule has 1 heterocycles. The zero-order valence-electron chi connectivity index (χ0n) is 7.90. The number of nitriles is 1. The van der Waals surface area contributed by atoms with Crippen LogP contribution in [0.1, 0.15) is 31.4 Å². The van der Waals surface area contributed by atoms with Crippen LogP contribution in [-0.2, 0) is 0 Å². The van der Waals surface area contributed by atoms with Gasteiger partial charge in [0.1, 0.15) is 23.9 Å². The van der Waals surface area contributed by atoms with E-state index in [4.69, 9.17) is 5.26 Å². The van der Waals surface area contributed by atoms with Gasteiger partial charge in [-0.15, -0.1) is 0 Å². The highest BCUT2D eigenvalue weighted by Crippen LogP contribution is 2.21. The van der Waals surface area contributed by atoms with E-state index in [9.17, 15) is 0 Å². The van der Waals surface area contributed by atoms with Crippen molar-refractivity contribution in [3.05, 3.63) is 18.1 Å². The third kappa shape index (κ3) is 1.99. The van der Waals surface area contributed by atoms with E-state index in [2.05, 4.69) is 15.3 Å². The summed E-state index contributed by atoms with van der Waals surface area (Å²) in [5, 5.41) is 12.0. The largest absolute Gasteiger partial charge is 0.367 e. The first kappa shape index (κ1) is 8.95. The van der Waals surface area contributed by atoms with Gasteiger partial charge in [0.25, 0.3) is 0 Å². The van der Waals surface area contributed by atoms with E-state index in [1.807, 2.05) is 6.07 Å². The lowest BCUT2D eigenvalue weighted by molar-refractivity contribution is 0.749. The molecule has 0 amide bonds. The number of aromatic nitrogens is 2. The Bertz CT molecular complexity index is 349. The summed E-state index contributed by atoms with van der Waals surface area (Å²) >= 11 is 0. The maximum atomic E-state index is 8.65. The molecule has 1 N–H and O–H groups in total. The lowest BCUT2D eigenvalue weighted by Gasteiger charge is -2.11. The lowest BCUT2D eigenvalue weighted by Crippen LogP contribution is -2.15. The maximum absolute atomic E-state index is 8.65. The zero-order valence-corrected chi connectivity index (χ0v) is 7.90. The summed E-state index contributed by atoms with van der Waals surface area (Å²) < 4.78 is 0. The molecule has 0 bridgehead atoms. The van der Waals surface area contributed by atoms with Gasteiger partial charge in [-0.2, -0.15) is 5.26 Å². The fraction of sp³-hybridized carbons (Fsp3) is 0.500. The molecule has 4 heteroatoms. The molecule has 1 aliphatic carbocycles. The third-order valence-electron chi connectivity index (χ3n) is 2.49. The topological polar surface area (TPSA) is 61.6 Å². The minimum atomic E-state index is 0.417. The van der Waals surface area contributed by atoms with Gasteiger partial charge in [-0.05, 0) is 12.8 Å². The van der Waals surface area contributed by atoms with Gasteiger partial charge in [-0.1, -0.05) is 12.8 Å². The van der Waals surface area contributed by atoms with Crippen LogP contribution >= 0.6 is 0 Å². The van der Waals surface area contributed by atoms with E-state index >= 15 is 0 Å². The maximum Gasteiger partial charge on any atom is 0.145 e. The highest BCUT2D eigenvalue weighted by molar-refractivity contribution is 5.39. The minimum absolute atomic E-state index is 0.417. The molecule has 1 fully saturated rings. The first-order chi connectivity index (χ1) is 6.88. The summed E-state index contributed by atoms with van der Waals surface area (Å²) in [4.78, 5) is 7.90. The molecule has 1 aliphatic rings. The molecule has 72 valence electrons. The summed E-state index contributed by atoms with van der Waals surface area (Å²) in [5.41, 5.74) is 0.417. The van der Waals surface area contributed by atoms with Crippen LogP contribution in [0.3, 0.4) is 0 Å². The second-order valence-electron chi connectivity index (χ2n) is 3.53. The summed E-state index contributed by atoms with van der Waals surface area (Å²) in [6.45, 7) is 0. The van der Waals surface area contributed by atoms with E-state index in [1.165, 1.54) is 32.0 Å². The van der Waals surface area contributed by atoms with Crippen LogP contribution in [0.2, 0.25) is 0 Å². The average Bonchev–Trinajstić information content (AvgIpc) is 2.71. The van der Waals surface area contributed by atoms with E-state index in [0.29, 0.717) is 11.7 Å². The van der Waals surface area contributed by atoms with Crippen LogP contribution < -0.4 is 5.32 Å². The third-order valence-corrected chi connectivity index (χ3v) is 2.49. The average molecular weight is 188 g/mol. The quantitative estimate of drug-likeness (QED) is 0.767. The van der Waals surface area contributed by atoms with Crippen molar-refractivity contribution in [3.63, 3.8) is 0 Å². The van der Waals surface area contributed by atoms with Gasteiger partial charge in [-0.3, -0.25) is 0 Å². The van der Waals surface area contributed by atoms with Gasteiger partial charge in [0.2, 0.25) is 0 Å². The molecular weight excluding hydrogens is 176 g/mol. The van der Waals surface area contributed by atoms with Crippen molar-refractivity contribution in [1.82, 2.24) is 9.97 Å². The number of hydrogen-bond acceptors (Lipinski definition) is 4. The van der Waals surface area contributed by atoms with Crippen LogP contribution in [0.5, 0.6) is 0 Å². The van der Waals surface area contributed by atoms with E-state index in [0.717, 1.165) is 5.82 Å². The molecule has 1 aromatic heterocycles. The molecule has 1 aromatic rings. The van der Waals surface area contributed by atoms with Crippen molar-refractivity contribution in [2.24, 2.45) is 0 Å². The van der Waals surface area contributed by atoms with Crippen LogP contribution in [0.15, 0.2) is 12.4 Å². The normalized spacial score (nSPS) is 16.5. The fourth-order valence-corrected chi connectivity index (χ4v) is 1.78. The van der Waals surface area contributed by atoms with E-state index in [1.54, 1.807) is 6.07 Å². The van der Waals surface area contributed by atoms with Gasteiger partial charge in [0, 0.05) is 12.1 Å². The Morgan fingerprint density at radius 1 is 1.36 bits per heavy atom. The molecule has 4 nitrogen and oxygen atoms in total.